The average molecular weight is 260 g/mol. The third-order valence-electron chi connectivity index (χ3n) is 2.70. The van der Waals surface area contributed by atoms with Crippen LogP contribution in [-0.4, -0.2) is 61.9 Å². The quantitative estimate of drug-likeness (QED) is 0.622. The number of carbonyl (C=O) groups excluding carboxylic acids is 1. The summed E-state index contributed by atoms with van der Waals surface area (Å²) >= 11 is 0. The minimum atomic E-state index is -1.48. The molecule has 18 heavy (non-hydrogen) atoms. The van der Waals surface area contributed by atoms with Crippen LogP contribution in [0.1, 0.15) is 27.2 Å². The molecule has 5 nitrogen and oxygen atoms in total. The van der Waals surface area contributed by atoms with E-state index in [1.165, 1.54) is 14.0 Å². The second-order valence-corrected chi connectivity index (χ2v) is 5.74. The molecule has 0 saturated carbocycles. The maximum Gasteiger partial charge on any atom is 0.338 e. The summed E-state index contributed by atoms with van der Waals surface area (Å²) in [6.45, 7) is 6.85. The molecule has 0 aliphatic rings. The first-order valence-electron chi connectivity index (χ1n) is 6.38. The van der Waals surface area contributed by atoms with Crippen molar-refractivity contribution in [1.29, 1.82) is 0 Å². The van der Waals surface area contributed by atoms with Crippen LogP contribution in [0.15, 0.2) is 0 Å². The Bertz CT molecular complexity index is 243. The molecule has 2 unspecified atom stereocenters. The van der Waals surface area contributed by atoms with E-state index in [1.54, 1.807) is 0 Å². The molecule has 0 saturated heterocycles. The molecule has 0 fully saturated rings. The third kappa shape index (κ3) is 6.93. The van der Waals surface area contributed by atoms with Crippen LogP contribution in [0.5, 0.6) is 0 Å². The van der Waals surface area contributed by atoms with Gasteiger partial charge in [0.25, 0.3) is 0 Å². The second kappa shape index (κ2) is 7.71. The third-order valence-corrected chi connectivity index (χ3v) is 2.70. The molecule has 0 aliphatic heterocycles. The Hall–Kier alpha value is -0.650. The average Bonchev–Trinajstić information content (AvgIpc) is 2.23. The van der Waals surface area contributed by atoms with Crippen LogP contribution in [0, 0.1) is 5.92 Å². The van der Waals surface area contributed by atoms with Gasteiger partial charge in [0.2, 0.25) is 0 Å². The zero-order valence-corrected chi connectivity index (χ0v) is 12.5. The van der Waals surface area contributed by atoms with Crippen molar-refractivity contribution in [3.05, 3.63) is 0 Å². The molecule has 0 aromatic carbocycles. The van der Waals surface area contributed by atoms with Gasteiger partial charge in [0.15, 0.2) is 5.60 Å². The minimum Gasteiger partial charge on any atom is -0.467 e. The Morgan fingerprint density at radius 3 is 2.39 bits per heavy atom. The maximum atomic E-state index is 11.4. The van der Waals surface area contributed by atoms with Crippen molar-refractivity contribution in [2.24, 2.45) is 5.92 Å². The van der Waals surface area contributed by atoms with Gasteiger partial charge in [-0.2, -0.15) is 0 Å². The lowest BCUT2D eigenvalue weighted by Gasteiger charge is -2.28. The molecular formula is C13H28N2O3. The Labute approximate surface area is 110 Å². The summed E-state index contributed by atoms with van der Waals surface area (Å²) in [4.78, 5) is 13.5. The molecule has 0 spiro atoms. The monoisotopic (exact) mass is 260 g/mol. The number of nitrogens with one attached hydrogen (secondary N) is 1. The van der Waals surface area contributed by atoms with E-state index in [0.29, 0.717) is 5.92 Å². The fourth-order valence-electron chi connectivity index (χ4n) is 1.87. The Morgan fingerprint density at radius 1 is 1.44 bits per heavy atom. The lowest BCUT2D eigenvalue weighted by Crippen LogP contribution is -2.50. The fourth-order valence-corrected chi connectivity index (χ4v) is 1.87. The van der Waals surface area contributed by atoms with Gasteiger partial charge in [-0.1, -0.05) is 13.8 Å². The maximum absolute atomic E-state index is 11.4. The van der Waals surface area contributed by atoms with Crippen molar-refractivity contribution in [2.45, 2.75) is 38.8 Å². The zero-order valence-electron chi connectivity index (χ0n) is 12.5. The predicted molar refractivity (Wildman–Crippen MR) is 72.4 cm³/mol. The van der Waals surface area contributed by atoms with E-state index in [-0.39, 0.29) is 12.6 Å². The van der Waals surface area contributed by atoms with Gasteiger partial charge < -0.3 is 20.1 Å². The summed E-state index contributed by atoms with van der Waals surface area (Å²) in [5, 5.41) is 13.2. The standard InChI is InChI=1S/C13H28N2O3/c1-10(2)7-11(8-15(4)5)14-9-13(3,17)12(16)18-6/h10-11,14,17H,7-9H2,1-6H3. The van der Waals surface area contributed by atoms with Crippen LogP contribution in [0.3, 0.4) is 0 Å². The van der Waals surface area contributed by atoms with Crippen LogP contribution in [0.4, 0.5) is 0 Å². The van der Waals surface area contributed by atoms with E-state index in [0.717, 1.165) is 13.0 Å². The van der Waals surface area contributed by atoms with Gasteiger partial charge in [-0.3, -0.25) is 0 Å². The Balaban J connectivity index is 4.36. The normalized spacial score (nSPS) is 16.7. The van der Waals surface area contributed by atoms with Gasteiger partial charge >= 0.3 is 5.97 Å². The van der Waals surface area contributed by atoms with Gasteiger partial charge in [0.05, 0.1) is 7.11 Å². The number of nitrogens with zero attached hydrogens (tertiary/aromatic N) is 1. The molecule has 2 atom stereocenters. The summed E-state index contributed by atoms with van der Waals surface area (Å²) in [5.41, 5.74) is -1.48. The highest BCUT2D eigenvalue weighted by atomic mass is 16.5. The first-order chi connectivity index (χ1) is 8.19. The molecule has 0 aromatic heterocycles. The van der Waals surface area contributed by atoms with Gasteiger partial charge in [0, 0.05) is 19.1 Å². The van der Waals surface area contributed by atoms with Gasteiger partial charge in [-0.15, -0.1) is 0 Å². The topological polar surface area (TPSA) is 61.8 Å². The molecule has 2 N–H and O–H groups in total. The first kappa shape index (κ1) is 17.4. The van der Waals surface area contributed by atoms with Crippen molar-refractivity contribution in [3.63, 3.8) is 0 Å². The van der Waals surface area contributed by atoms with Crippen molar-refractivity contribution in [2.75, 3.05) is 34.3 Å². The predicted octanol–water partition coefficient (Wildman–Crippen LogP) is 0.476. The summed E-state index contributed by atoms with van der Waals surface area (Å²) in [7, 11) is 5.29. The fraction of sp³-hybridized carbons (Fsp3) is 0.923. The number of rotatable bonds is 8. The number of aliphatic hydroxyl groups is 1. The highest BCUT2D eigenvalue weighted by molar-refractivity contribution is 5.78. The summed E-state index contributed by atoms with van der Waals surface area (Å²) in [6, 6.07) is 0.246. The second-order valence-electron chi connectivity index (χ2n) is 5.74. The first-order valence-corrected chi connectivity index (χ1v) is 6.38. The molecule has 0 bridgehead atoms. The highest BCUT2D eigenvalue weighted by Crippen LogP contribution is 2.09. The molecule has 5 heteroatoms. The number of hydrogen-bond acceptors (Lipinski definition) is 5. The molecule has 0 heterocycles. The summed E-state index contributed by atoms with van der Waals surface area (Å²) in [6.07, 6.45) is 0.995. The summed E-state index contributed by atoms with van der Waals surface area (Å²) < 4.78 is 4.57. The van der Waals surface area contributed by atoms with Crippen LogP contribution >= 0.6 is 0 Å². The number of hydrogen-bond donors (Lipinski definition) is 2. The van der Waals surface area contributed by atoms with E-state index in [1.807, 2.05) is 14.1 Å². The highest BCUT2D eigenvalue weighted by Gasteiger charge is 2.31. The molecule has 0 rings (SSSR count). The lowest BCUT2D eigenvalue weighted by molar-refractivity contribution is -0.160. The van der Waals surface area contributed by atoms with Crippen LogP contribution in [-0.2, 0) is 9.53 Å². The van der Waals surface area contributed by atoms with Gasteiger partial charge in [0.1, 0.15) is 0 Å². The van der Waals surface area contributed by atoms with Gasteiger partial charge in [-0.05, 0) is 33.4 Å². The van der Waals surface area contributed by atoms with Crippen molar-refractivity contribution in [3.8, 4) is 0 Å². The molecule has 0 aliphatic carbocycles. The molecule has 0 aromatic rings. The van der Waals surface area contributed by atoms with E-state index >= 15 is 0 Å². The van der Waals surface area contributed by atoms with Gasteiger partial charge in [-0.25, -0.2) is 4.79 Å². The minimum absolute atomic E-state index is 0.199. The molecular weight excluding hydrogens is 232 g/mol. The van der Waals surface area contributed by atoms with Crippen LogP contribution in [0.25, 0.3) is 0 Å². The van der Waals surface area contributed by atoms with Crippen LogP contribution < -0.4 is 5.32 Å². The lowest BCUT2D eigenvalue weighted by atomic mass is 10.0. The number of esters is 1. The van der Waals surface area contributed by atoms with Crippen molar-refractivity contribution >= 4 is 5.97 Å². The SMILES string of the molecule is COC(=O)C(C)(O)CNC(CC(C)C)CN(C)C. The molecule has 108 valence electrons. The van der Waals surface area contributed by atoms with E-state index in [9.17, 15) is 9.90 Å². The van der Waals surface area contributed by atoms with Crippen LogP contribution in [0.2, 0.25) is 0 Å². The van der Waals surface area contributed by atoms with E-state index in [4.69, 9.17) is 0 Å². The van der Waals surface area contributed by atoms with Crippen molar-refractivity contribution in [1.82, 2.24) is 10.2 Å². The van der Waals surface area contributed by atoms with E-state index in [2.05, 4.69) is 28.8 Å². The van der Waals surface area contributed by atoms with E-state index < -0.39 is 11.6 Å². The smallest absolute Gasteiger partial charge is 0.338 e. The molecule has 0 amide bonds. The Kier molecular flexibility index (Phi) is 7.43. The van der Waals surface area contributed by atoms with Crippen molar-refractivity contribution < 1.29 is 14.6 Å². The number of methoxy groups -OCH3 is 1. The zero-order chi connectivity index (χ0) is 14.3. The number of likely N-dealkylation sites (N-methyl/N-ethyl adjacent to an activating group) is 1. The number of ether oxygens (including phenoxy) is 1. The Morgan fingerprint density at radius 2 is 2.00 bits per heavy atom. The number of carbonyl (C=O) groups is 1. The molecule has 0 radical (unpaired) electrons. The summed E-state index contributed by atoms with van der Waals surface area (Å²) in [5.74, 6) is -0.0475. The largest absolute Gasteiger partial charge is 0.467 e.